The Morgan fingerprint density at radius 3 is 2.50 bits per heavy atom. The Balaban J connectivity index is 1.30. The maximum atomic E-state index is 12.8. The van der Waals surface area contributed by atoms with Gasteiger partial charge in [0.25, 0.3) is 0 Å². The highest BCUT2D eigenvalue weighted by molar-refractivity contribution is 7.89. The largest absolute Gasteiger partial charge is 0.379 e. The van der Waals surface area contributed by atoms with E-state index in [0.717, 1.165) is 24.2 Å². The zero-order chi connectivity index (χ0) is 19.1. The van der Waals surface area contributed by atoms with Crippen LogP contribution in [0.15, 0.2) is 47.6 Å². The normalized spacial score (nSPS) is 19.1. The number of benzene rings is 1. The van der Waals surface area contributed by atoms with Crippen LogP contribution in [0.1, 0.15) is 37.3 Å². The van der Waals surface area contributed by atoms with Crippen molar-refractivity contribution in [2.75, 3.05) is 18.4 Å². The second kappa shape index (κ2) is 6.82. The molecule has 1 N–H and O–H groups in total. The number of fused-ring (bicyclic) bond motifs is 1. The molecule has 1 saturated heterocycles. The lowest BCUT2D eigenvalue weighted by Gasteiger charge is -2.32. The van der Waals surface area contributed by atoms with Crippen LogP contribution >= 0.6 is 0 Å². The minimum absolute atomic E-state index is 0.192. The van der Waals surface area contributed by atoms with Gasteiger partial charge < -0.3 is 5.32 Å². The maximum Gasteiger partial charge on any atom is 0.243 e. The van der Waals surface area contributed by atoms with Crippen molar-refractivity contribution >= 4 is 21.4 Å². The summed E-state index contributed by atoms with van der Waals surface area (Å²) in [5.41, 5.74) is 2.71. The molecular formula is C19H22N6O2S. The molecule has 0 spiro atoms. The minimum Gasteiger partial charge on any atom is -0.379 e. The molecule has 1 aliphatic carbocycles. The number of anilines is 1. The first-order valence-corrected chi connectivity index (χ1v) is 11.1. The Bertz CT molecular complexity index is 1090. The molecule has 0 unspecified atom stereocenters. The highest BCUT2D eigenvalue weighted by atomic mass is 32.2. The monoisotopic (exact) mass is 398 g/mol. The SMILES string of the molecule is O=S(=O)(c1ccccc1)N1CCC(Nc2cc(C3CC3)nn3cnnc23)CC1. The van der Waals surface area contributed by atoms with Crippen LogP contribution in [0, 0.1) is 0 Å². The van der Waals surface area contributed by atoms with Crippen LogP contribution in [0.2, 0.25) is 0 Å². The standard InChI is InChI=1S/C19H22N6O2S/c26-28(27,16-4-2-1-3-5-16)24-10-8-15(9-11-24)21-18-12-17(14-6-7-14)23-25-13-20-22-19(18)25/h1-5,12-15,21H,6-11H2. The number of nitrogens with zero attached hydrogens (tertiary/aromatic N) is 5. The molecule has 1 aromatic carbocycles. The summed E-state index contributed by atoms with van der Waals surface area (Å²) in [4.78, 5) is 0.356. The van der Waals surface area contributed by atoms with Crippen LogP contribution < -0.4 is 5.32 Å². The molecule has 146 valence electrons. The van der Waals surface area contributed by atoms with Gasteiger partial charge in [-0.3, -0.25) is 0 Å². The molecule has 2 fully saturated rings. The Kier molecular flexibility index (Phi) is 4.28. The predicted octanol–water partition coefficient (Wildman–Crippen LogP) is 2.27. The van der Waals surface area contributed by atoms with Crippen LogP contribution in [0.4, 0.5) is 5.69 Å². The second-order valence-corrected chi connectivity index (χ2v) is 9.43. The summed E-state index contributed by atoms with van der Waals surface area (Å²) in [6, 6.07) is 10.9. The molecule has 0 bridgehead atoms. The third-order valence-corrected chi connectivity index (χ3v) is 7.39. The Morgan fingerprint density at radius 1 is 1.04 bits per heavy atom. The van der Waals surface area contributed by atoms with Gasteiger partial charge in [-0.1, -0.05) is 18.2 Å². The van der Waals surface area contributed by atoms with E-state index in [1.54, 1.807) is 39.4 Å². The first-order valence-electron chi connectivity index (χ1n) is 9.64. The molecule has 8 nitrogen and oxygen atoms in total. The van der Waals surface area contributed by atoms with Gasteiger partial charge in [-0.05, 0) is 43.9 Å². The molecule has 0 amide bonds. The van der Waals surface area contributed by atoms with Crippen LogP contribution in [0.3, 0.4) is 0 Å². The topological polar surface area (TPSA) is 92.5 Å². The summed E-state index contributed by atoms with van der Waals surface area (Å²) < 4.78 is 28.9. The number of piperidine rings is 1. The van der Waals surface area contributed by atoms with E-state index in [4.69, 9.17) is 0 Å². The fraction of sp³-hybridized carbons (Fsp3) is 0.421. The summed E-state index contributed by atoms with van der Waals surface area (Å²) in [5.74, 6) is 0.533. The molecule has 0 radical (unpaired) electrons. The van der Waals surface area contributed by atoms with Gasteiger partial charge in [-0.2, -0.15) is 13.9 Å². The molecule has 9 heteroatoms. The third kappa shape index (κ3) is 3.24. The quantitative estimate of drug-likeness (QED) is 0.709. The Labute approximate surface area is 163 Å². The van der Waals surface area contributed by atoms with Crippen LogP contribution in [0.25, 0.3) is 5.65 Å². The molecule has 28 heavy (non-hydrogen) atoms. The number of hydrogen-bond donors (Lipinski definition) is 1. The maximum absolute atomic E-state index is 12.8. The van der Waals surface area contributed by atoms with Gasteiger partial charge >= 0.3 is 0 Å². The lowest BCUT2D eigenvalue weighted by atomic mass is 10.1. The Morgan fingerprint density at radius 2 is 1.79 bits per heavy atom. The van der Waals surface area contributed by atoms with Gasteiger partial charge in [-0.25, -0.2) is 8.42 Å². The fourth-order valence-electron chi connectivity index (χ4n) is 3.73. The van der Waals surface area contributed by atoms with Crippen LogP contribution in [0.5, 0.6) is 0 Å². The summed E-state index contributed by atoms with van der Waals surface area (Å²) in [5, 5.41) is 16.3. The summed E-state index contributed by atoms with van der Waals surface area (Å²) in [6.45, 7) is 0.997. The van der Waals surface area contributed by atoms with E-state index in [9.17, 15) is 8.42 Å². The van der Waals surface area contributed by atoms with Gasteiger partial charge in [-0.15, -0.1) is 10.2 Å². The molecule has 5 rings (SSSR count). The van der Waals surface area contributed by atoms with Crippen molar-refractivity contribution in [3.63, 3.8) is 0 Å². The van der Waals surface area contributed by atoms with Crippen molar-refractivity contribution in [2.45, 2.75) is 42.5 Å². The van der Waals surface area contributed by atoms with E-state index >= 15 is 0 Å². The van der Waals surface area contributed by atoms with E-state index < -0.39 is 10.0 Å². The molecule has 2 aromatic heterocycles. The lowest BCUT2D eigenvalue weighted by Crippen LogP contribution is -2.42. The predicted molar refractivity (Wildman–Crippen MR) is 105 cm³/mol. The zero-order valence-electron chi connectivity index (χ0n) is 15.4. The fourth-order valence-corrected chi connectivity index (χ4v) is 5.22. The van der Waals surface area contributed by atoms with Crippen molar-refractivity contribution in [1.82, 2.24) is 24.1 Å². The third-order valence-electron chi connectivity index (χ3n) is 5.48. The van der Waals surface area contributed by atoms with Crippen molar-refractivity contribution < 1.29 is 8.42 Å². The smallest absolute Gasteiger partial charge is 0.243 e. The molecule has 1 saturated carbocycles. The van der Waals surface area contributed by atoms with E-state index in [0.29, 0.717) is 29.6 Å². The van der Waals surface area contributed by atoms with E-state index in [2.05, 4.69) is 26.7 Å². The van der Waals surface area contributed by atoms with Crippen molar-refractivity contribution in [3.05, 3.63) is 48.4 Å². The summed E-state index contributed by atoms with van der Waals surface area (Å²) >= 11 is 0. The Hall–Kier alpha value is -2.52. The van der Waals surface area contributed by atoms with E-state index in [1.807, 2.05) is 6.07 Å². The summed E-state index contributed by atoms with van der Waals surface area (Å²) in [6.07, 6.45) is 5.47. The average molecular weight is 398 g/mol. The molecule has 1 aliphatic heterocycles. The van der Waals surface area contributed by atoms with Crippen molar-refractivity contribution in [3.8, 4) is 0 Å². The van der Waals surface area contributed by atoms with Gasteiger partial charge in [0.1, 0.15) is 6.33 Å². The molecular weight excluding hydrogens is 376 g/mol. The minimum atomic E-state index is -3.42. The highest BCUT2D eigenvalue weighted by Gasteiger charge is 2.30. The van der Waals surface area contributed by atoms with Gasteiger partial charge in [0.05, 0.1) is 16.3 Å². The van der Waals surface area contributed by atoms with Crippen LogP contribution in [-0.4, -0.2) is 51.7 Å². The first-order chi connectivity index (χ1) is 13.6. The zero-order valence-corrected chi connectivity index (χ0v) is 16.2. The first kappa shape index (κ1) is 17.6. The molecule has 3 aromatic rings. The molecule has 0 atom stereocenters. The number of hydrogen-bond acceptors (Lipinski definition) is 6. The summed E-state index contributed by atoms with van der Waals surface area (Å²) in [7, 11) is -3.42. The van der Waals surface area contributed by atoms with E-state index in [1.165, 1.54) is 12.8 Å². The number of nitrogens with one attached hydrogen (secondary N) is 1. The van der Waals surface area contributed by atoms with Gasteiger partial charge in [0, 0.05) is 25.0 Å². The lowest BCUT2D eigenvalue weighted by molar-refractivity contribution is 0.330. The van der Waals surface area contributed by atoms with Crippen LogP contribution in [-0.2, 0) is 10.0 Å². The van der Waals surface area contributed by atoms with Gasteiger partial charge in [0.2, 0.25) is 15.7 Å². The van der Waals surface area contributed by atoms with Crippen molar-refractivity contribution in [1.29, 1.82) is 0 Å². The van der Waals surface area contributed by atoms with Crippen molar-refractivity contribution in [2.24, 2.45) is 0 Å². The second-order valence-electron chi connectivity index (χ2n) is 7.49. The van der Waals surface area contributed by atoms with Gasteiger partial charge in [0.15, 0.2) is 0 Å². The number of rotatable bonds is 5. The average Bonchev–Trinajstić information content (AvgIpc) is 3.46. The molecule has 2 aliphatic rings. The van der Waals surface area contributed by atoms with E-state index in [-0.39, 0.29) is 6.04 Å². The number of aromatic nitrogens is 4. The molecule has 3 heterocycles. The number of sulfonamides is 1. The highest BCUT2D eigenvalue weighted by Crippen LogP contribution is 2.40.